The highest BCUT2D eigenvalue weighted by Crippen LogP contribution is 2.35. The standard InChI is InChI=1S/C21H19ClN4O/c1-13-19-16-8-9-18(26-10-2-3-11-26)24-21(16)20(23-12-17(19)27-25-13)14-4-6-15(22)7-5-14/h4-9H,2-3,10-12H2,1H3. The van der Waals surface area contributed by atoms with Crippen LogP contribution in [0.2, 0.25) is 5.02 Å². The Morgan fingerprint density at radius 3 is 2.59 bits per heavy atom. The van der Waals surface area contributed by atoms with Crippen LogP contribution in [0.1, 0.15) is 35.6 Å². The van der Waals surface area contributed by atoms with Gasteiger partial charge in [-0.25, -0.2) is 4.98 Å². The lowest BCUT2D eigenvalue weighted by atomic mass is 9.97. The van der Waals surface area contributed by atoms with Crippen molar-refractivity contribution in [2.75, 3.05) is 18.0 Å². The van der Waals surface area contributed by atoms with Crippen LogP contribution in [0, 0.1) is 6.92 Å². The summed E-state index contributed by atoms with van der Waals surface area (Å²) in [6, 6.07) is 12.0. The molecular weight excluding hydrogens is 360 g/mol. The van der Waals surface area contributed by atoms with Crippen molar-refractivity contribution in [3.8, 4) is 11.1 Å². The van der Waals surface area contributed by atoms with Gasteiger partial charge >= 0.3 is 0 Å². The molecule has 1 saturated heterocycles. The van der Waals surface area contributed by atoms with Crippen molar-refractivity contribution in [2.45, 2.75) is 26.3 Å². The van der Waals surface area contributed by atoms with Gasteiger partial charge < -0.3 is 9.42 Å². The van der Waals surface area contributed by atoms with Gasteiger partial charge in [0, 0.05) is 29.2 Å². The van der Waals surface area contributed by atoms with E-state index in [1.807, 2.05) is 31.2 Å². The number of aryl methyl sites for hydroxylation is 1. The molecule has 5 nitrogen and oxygen atoms in total. The third-order valence-corrected chi connectivity index (χ3v) is 5.49. The van der Waals surface area contributed by atoms with E-state index in [1.54, 1.807) is 0 Å². The number of aliphatic imine (C=N–C) groups is 1. The first-order valence-corrected chi connectivity index (χ1v) is 9.61. The summed E-state index contributed by atoms with van der Waals surface area (Å²) in [5.41, 5.74) is 5.66. The van der Waals surface area contributed by atoms with E-state index in [1.165, 1.54) is 12.8 Å². The Bertz CT molecular complexity index is 1030. The molecule has 0 amide bonds. The minimum atomic E-state index is 0.448. The molecule has 6 heteroatoms. The lowest BCUT2D eigenvalue weighted by molar-refractivity contribution is 0.382. The van der Waals surface area contributed by atoms with E-state index < -0.39 is 0 Å². The fraction of sp³-hybridized carbons (Fsp3) is 0.286. The average Bonchev–Trinajstić information content (AvgIpc) is 3.30. The van der Waals surface area contributed by atoms with E-state index in [2.05, 4.69) is 22.2 Å². The second-order valence-electron chi connectivity index (χ2n) is 7.00. The predicted octanol–water partition coefficient (Wildman–Crippen LogP) is 4.65. The summed E-state index contributed by atoms with van der Waals surface area (Å²) >= 11 is 6.09. The number of aromatic nitrogens is 2. The molecule has 0 spiro atoms. The van der Waals surface area contributed by atoms with Crippen LogP contribution in [-0.2, 0) is 6.54 Å². The van der Waals surface area contributed by atoms with Crippen molar-refractivity contribution in [3.05, 3.63) is 64.1 Å². The van der Waals surface area contributed by atoms with Crippen LogP contribution in [-0.4, -0.2) is 28.9 Å². The summed E-state index contributed by atoms with van der Waals surface area (Å²) in [6.45, 7) is 4.52. The smallest absolute Gasteiger partial charge is 0.166 e. The molecule has 0 radical (unpaired) electrons. The minimum absolute atomic E-state index is 0.448. The molecule has 0 aliphatic carbocycles. The van der Waals surface area contributed by atoms with Crippen molar-refractivity contribution in [2.24, 2.45) is 4.99 Å². The quantitative estimate of drug-likeness (QED) is 0.651. The first kappa shape index (κ1) is 16.5. The summed E-state index contributed by atoms with van der Waals surface area (Å²) in [5.74, 6) is 1.79. The first-order chi connectivity index (χ1) is 13.2. The number of pyridine rings is 1. The lowest BCUT2D eigenvalue weighted by Gasteiger charge is -2.19. The van der Waals surface area contributed by atoms with E-state index >= 15 is 0 Å². The highest BCUT2D eigenvalue weighted by molar-refractivity contribution is 6.30. The molecule has 2 aliphatic heterocycles. The zero-order chi connectivity index (χ0) is 18.4. The molecule has 2 aliphatic rings. The molecular formula is C21H19ClN4O. The molecule has 1 fully saturated rings. The van der Waals surface area contributed by atoms with E-state index in [0.717, 1.165) is 58.5 Å². The molecule has 0 bridgehead atoms. The Labute approximate surface area is 162 Å². The van der Waals surface area contributed by atoms with E-state index in [4.69, 9.17) is 26.1 Å². The van der Waals surface area contributed by atoms with Gasteiger partial charge in [-0.05, 0) is 44.0 Å². The third kappa shape index (κ3) is 2.82. The van der Waals surface area contributed by atoms with Crippen LogP contribution in [0.25, 0.3) is 11.1 Å². The fourth-order valence-electron chi connectivity index (χ4n) is 3.88. The number of anilines is 1. The van der Waals surface area contributed by atoms with Gasteiger partial charge in [-0.2, -0.15) is 0 Å². The van der Waals surface area contributed by atoms with Crippen molar-refractivity contribution in [1.29, 1.82) is 0 Å². The van der Waals surface area contributed by atoms with E-state index in [9.17, 15) is 0 Å². The molecule has 2 aromatic heterocycles. The largest absolute Gasteiger partial charge is 0.358 e. The summed E-state index contributed by atoms with van der Waals surface area (Å²) < 4.78 is 5.54. The maximum atomic E-state index is 6.09. The van der Waals surface area contributed by atoms with Crippen LogP contribution in [0.15, 0.2) is 45.9 Å². The van der Waals surface area contributed by atoms with Crippen LogP contribution in [0.5, 0.6) is 0 Å². The van der Waals surface area contributed by atoms with Gasteiger partial charge in [-0.1, -0.05) is 28.9 Å². The number of hydrogen-bond donors (Lipinski definition) is 0. The molecule has 136 valence electrons. The Kier molecular flexibility index (Phi) is 3.97. The first-order valence-electron chi connectivity index (χ1n) is 9.23. The predicted molar refractivity (Wildman–Crippen MR) is 107 cm³/mol. The van der Waals surface area contributed by atoms with Crippen LogP contribution >= 0.6 is 11.6 Å². The monoisotopic (exact) mass is 378 g/mol. The van der Waals surface area contributed by atoms with Gasteiger partial charge in [0.2, 0.25) is 0 Å². The second kappa shape index (κ2) is 6.50. The van der Waals surface area contributed by atoms with Crippen molar-refractivity contribution in [1.82, 2.24) is 10.1 Å². The highest BCUT2D eigenvalue weighted by atomic mass is 35.5. The van der Waals surface area contributed by atoms with Crippen molar-refractivity contribution < 1.29 is 4.52 Å². The summed E-state index contributed by atoms with van der Waals surface area (Å²) in [4.78, 5) is 12.2. The van der Waals surface area contributed by atoms with Crippen LogP contribution in [0.3, 0.4) is 0 Å². The Morgan fingerprint density at radius 2 is 1.81 bits per heavy atom. The molecule has 5 rings (SSSR count). The van der Waals surface area contributed by atoms with E-state index in [-0.39, 0.29) is 0 Å². The fourth-order valence-corrected chi connectivity index (χ4v) is 4.01. The van der Waals surface area contributed by atoms with Crippen LogP contribution in [0.4, 0.5) is 5.82 Å². The molecule has 3 aromatic rings. The summed E-state index contributed by atoms with van der Waals surface area (Å²) in [7, 11) is 0. The average molecular weight is 379 g/mol. The summed E-state index contributed by atoms with van der Waals surface area (Å²) in [5, 5.41) is 4.86. The highest BCUT2D eigenvalue weighted by Gasteiger charge is 2.26. The zero-order valence-corrected chi connectivity index (χ0v) is 15.8. The number of hydrogen-bond acceptors (Lipinski definition) is 5. The maximum Gasteiger partial charge on any atom is 0.166 e. The molecule has 0 N–H and O–H groups in total. The second-order valence-corrected chi connectivity index (χ2v) is 7.43. The topological polar surface area (TPSA) is 54.5 Å². The molecule has 1 aromatic carbocycles. The molecule has 4 heterocycles. The lowest BCUT2D eigenvalue weighted by Crippen LogP contribution is -2.20. The van der Waals surface area contributed by atoms with E-state index in [0.29, 0.717) is 11.6 Å². The number of halogens is 1. The maximum absolute atomic E-state index is 6.09. The number of nitrogens with zero attached hydrogens (tertiary/aromatic N) is 4. The van der Waals surface area contributed by atoms with Gasteiger partial charge in [0.15, 0.2) is 5.76 Å². The normalized spacial score (nSPS) is 15.9. The Balaban J connectivity index is 1.71. The molecule has 27 heavy (non-hydrogen) atoms. The third-order valence-electron chi connectivity index (χ3n) is 5.24. The van der Waals surface area contributed by atoms with Gasteiger partial charge in [0.25, 0.3) is 0 Å². The molecule has 0 atom stereocenters. The minimum Gasteiger partial charge on any atom is -0.358 e. The molecule has 0 saturated carbocycles. The van der Waals surface area contributed by atoms with Gasteiger partial charge in [0.1, 0.15) is 12.4 Å². The Morgan fingerprint density at radius 1 is 1.04 bits per heavy atom. The zero-order valence-electron chi connectivity index (χ0n) is 15.1. The SMILES string of the molecule is Cc1noc2c1-c1ccc(N3CCCC3)nc1C(c1ccc(Cl)cc1)=NC2. The Hall–Kier alpha value is -2.66. The molecule has 0 unspecified atom stereocenters. The number of benzene rings is 1. The van der Waals surface area contributed by atoms with Gasteiger partial charge in [-0.15, -0.1) is 0 Å². The van der Waals surface area contributed by atoms with Gasteiger partial charge in [0.05, 0.1) is 22.7 Å². The number of rotatable bonds is 2. The van der Waals surface area contributed by atoms with Crippen molar-refractivity contribution in [3.63, 3.8) is 0 Å². The van der Waals surface area contributed by atoms with Gasteiger partial charge in [-0.3, -0.25) is 4.99 Å². The number of fused-ring (bicyclic) bond motifs is 3. The van der Waals surface area contributed by atoms with Crippen LogP contribution < -0.4 is 4.90 Å². The van der Waals surface area contributed by atoms with Crippen molar-refractivity contribution >= 4 is 23.1 Å². The summed E-state index contributed by atoms with van der Waals surface area (Å²) in [6.07, 6.45) is 2.43.